The minimum Gasteiger partial charge on any atom is -0.464 e. The summed E-state index contributed by atoms with van der Waals surface area (Å²) >= 11 is 0. The molecule has 1 N–H and O–H groups in total. The number of allylic oxidation sites excluding steroid dienone is 2. The third-order valence-corrected chi connectivity index (χ3v) is 6.76. The number of rotatable bonds is 6. The van der Waals surface area contributed by atoms with Crippen molar-refractivity contribution in [1.29, 1.82) is 0 Å². The predicted octanol–water partition coefficient (Wildman–Crippen LogP) is 3.79. The first kappa shape index (κ1) is 20.9. The predicted molar refractivity (Wildman–Crippen MR) is 122 cm³/mol. The lowest BCUT2D eigenvalue weighted by Crippen LogP contribution is -2.48. The highest BCUT2D eigenvalue weighted by Crippen LogP contribution is 2.45. The first-order valence-corrected chi connectivity index (χ1v) is 11.3. The van der Waals surface area contributed by atoms with E-state index in [9.17, 15) is 9.59 Å². The Hall–Kier alpha value is -3.02. The zero-order valence-electron chi connectivity index (χ0n) is 17.9. The van der Waals surface area contributed by atoms with Crippen molar-refractivity contribution in [2.75, 3.05) is 19.7 Å². The molecule has 1 fully saturated rings. The molecular formula is C27H27NO4. The van der Waals surface area contributed by atoms with E-state index < -0.39 is 17.5 Å². The number of carbonyl (C=O) groups excluding carboxylic acids is 2. The Bertz CT molecular complexity index is 1020. The molecule has 2 aliphatic carbocycles. The zero-order chi connectivity index (χ0) is 22.0. The van der Waals surface area contributed by atoms with Gasteiger partial charge in [-0.15, -0.1) is 0 Å². The van der Waals surface area contributed by atoms with Crippen LogP contribution in [0.25, 0.3) is 11.1 Å². The first-order chi connectivity index (χ1) is 15.7. The van der Waals surface area contributed by atoms with Crippen molar-refractivity contribution in [3.8, 4) is 11.1 Å². The van der Waals surface area contributed by atoms with E-state index in [2.05, 4.69) is 29.6 Å². The highest BCUT2D eigenvalue weighted by atomic mass is 16.5. The fraction of sp³-hybridized carbons (Fsp3) is 0.333. The molecule has 5 rings (SSSR count). The lowest BCUT2D eigenvalue weighted by molar-refractivity contribution is -0.163. The molecule has 1 heterocycles. The van der Waals surface area contributed by atoms with Gasteiger partial charge in [-0.2, -0.15) is 0 Å². The van der Waals surface area contributed by atoms with Crippen LogP contribution in [0.2, 0.25) is 0 Å². The summed E-state index contributed by atoms with van der Waals surface area (Å²) in [5.41, 5.74) is 3.16. The molecule has 5 nitrogen and oxygen atoms in total. The summed E-state index contributed by atoms with van der Waals surface area (Å²) in [7, 11) is 0. The molecule has 0 saturated carbocycles. The van der Waals surface area contributed by atoms with Gasteiger partial charge in [-0.3, -0.25) is 4.79 Å². The maximum atomic E-state index is 13.4. The average molecular weight is 430 g/mol. The Balaban J connectivity index is 1.36. The Morgan fingerprint density at radius 3 is 2.31 bits per heavy atom. The second kappa shape index (κ2) is 8.85. The number of aldehydes is 1. The molecule has 2 aromatic rings. The van der Waals surface area contributed by atoms with Crippen LogP contribution in [0.1, 0.15) is 29.9 Å². The molecular weight excluding hydrogens is 402 g/mol. The van der Waals surface area contributed by atoms with Crippen molar-refractivity contribution < 1.29 is 19.1 Å². The molecule has 0 aromatic heterocycles. The van der Waals surface area contributed by atoms with E-state index in [0.29, 0.717) is 6.29 Å². The fourth-order valence-corrected chi connectivity index (χ4v) is 4.99. The van der Waals surface area contributed by atoms with Gasteiger partial charge in [0.15, 0.2) is 5.41 Å². The van der Waals surface area contributed by atoms with Crippen molar-refractivity contribution in [2.45, 2.75) is 31.0 Å². The number of hydrogen-bond donors (Lipinski definition) is 1. The van der Waals surface area contributed by atoms with Gasteiger partial charge in [0, 0.05) is 5.92 Å². The highest BCUT2D eigenvalue weighted by molar-refractivity contribution is 5.97. The number of nitrogens with one attached hydrogen (secondary N) is 1. The second-order valence-electron chi connectivity index (χ2n) is 8.63. The van der Waals surface area contributed by atoms with Crippen LogP contribution in [0.15, 0.2) is 72.8 Å². The topological polar surface area (TPSA) is 64.6 Å². The molecule has 1 saturated heterocycles. The van der Waals surface area contributed by atoms with Crippen molar-refractivity contribution in [3.05, 3.63) is 84.0 Å². The average Bonchev–Trinajstić information content (AvgIpc) is 3.17. The molecule has 2 aromatic carbocycles. The Morgan fingerprint density at radius 2 is 1.66 bits per heavy atom. The van der Waals surface area contributed by atoms with Crippen molar-refractivity contribution in [2.24, 2.45) is 5.41 Å². The highest BCUT2D eigenvalue weighted by Gasteiger charge is 2.47. The van der Waals surface area contributed by atoms with Crippen LogP contribution in [0.3, 0.4) is 0 Å². The molecule has 164 valence electrons. The van der Waals surface area contributed by atoms with E-state index in [1.165, 1.54) is 11.1 Å². The van der Waals surface area contributed by atoms with Crippen molar-refractivity contribution in [1.82, 2.24) is 5.32 Å². The van der Waals surface area contributed by atoms with Crippen LogP contribution >= 0.6 is 0 Å². The summed E-state index contributed by atoms with van der Waals surface area (Å²) < 4.78 is 12.1. The molecule has 3 aliphatic rings. The summed E-state index contributed by atoms with van der Waals surface area (Å²) in [6.07, 6.45) is 8.69. The van der Waals surface area contributed by atoms with Gasteiger partial charge in [0.05, 0.1) is 6.10 Å². The second-order valence-corrected chi connectivity index (χ2v) is 8.63. The number of hydrogen-bond acceptors (Lipinski definition) is 5. The van der Waals surface area contributed by atoms with Gasteiger partial charge in [-0.05, 0) is 48.2 Å². The van der Waals surface area contributed by atoms with Gasteiger partial charge in [0.25, 0.3) is 0 Å². The molecule has 1 aliphatic heterocycles. The summed E-state index contributed by atoms with van der Waals surface area (Å²) in [5.74, 6) is -0.615. The van der Waals surface area contributed by atoms with Crippen molar-refractivity contribution in [3.63, 3.8) is 0 Å². The summed E-state index contributed by atoms with van der Waals surface area (Å²) in [4.78, 5) is 25.6. The standard InChI is InChI=1S/C27H27NO4/c29-18-27(14-6-5-11-25(27)32-19-12-15-28-16-13-19)26(30)31-17-24-22-9-3-1-7-20(22)21-8-2-4-10-23(21)24/h1-11,14,18-19,24-25,28H,12-13,15-17H2. The van der Waals surface area contributed by atoms with Gasteiger partial charge in [-0.1, -0.05) is 72.8 Å². The lowest BCUT2D eigenvalue weighted by Gasteiger charge is -2.35. The minimum absolute atomic E-state index is 0.0121. The molecule has 2 unspecified atom stereocenters. The number of esters is 1. The van der Waals surface area contributed by atoms with Gasteiger partial charge in [0.1, 0.15) is 19.0 Å². The van der Waals surface area contributed by atoms with Crippen molar-refractivity contribution >= 4 is 12.3 Å². The van der Waals surface area contributed by atoms with E-state index in [1.54, 1.807) is 18.2 Å². The molecule has 0 amide bonds. The van der Waals surface area contributed by atoms with Gasteiger partial charge < -0.3 is 19.6 Å². The molecule has 0 spiro atoms. The first-order valence-electron chi connectivity index (χ1n) is 11.3. The number of fused-ring (bicyclic) bond motifs is 3. The SMILES string of the molecule is O=CC1(C(=O)OCC2c3ccccc3-c3ccccc32)C=CC=CC1OC1CCNCC1. The Labute approximate surface area is 188 Å². The van der Waals surface area contributed by atoms with Gasteiger partial charge in [-0.25, -0.2) is 0 Å². The van der Waals surface area contributed by atoms with Crippen LogP contribution in [0.5, 0.6) is 0 Å². The van der Waals surface area contributed by atoms with E-state index in [4.69, 9.17) is 9.47 Å². The normalized spacial score (nSPS) is 24.7. The van der Waals surface area contributed by atoms with Crippen LogP contribution in [-0.4, -0.2) is 44.2 Å². The molecule has 0 radical (unpaired) electrons. The number of benzene rings is 2. The van der Waals surface area contributed by atoms with Crippen LogP contribution in [0.4, 0.5) is 0 Å². The summed E-state index contributed by atoms with van der Waals surface area (Å²) in [5, 5.41) is 3.30. The largest absolute Gasteiger partial charge is 0.464 e. The van der Waals surface area contributed by atoms with E-state index in [1.807, 2.05) is 30.3 Å². The maximum Gasteiger partial charge on any atom is 0.326 e. The molecule has 32 heavy (non-hydrogen) atoms. The van der Waals surface area contributed by atoms with E-state index >= 15 is 0 Å². The molecule has 5 heteroatoms. The van der Waals surface area contributed by atoms with Gasteiger partial charge in [0.2, 0.25) is 0 Å². The molecule has 0 bridgehead atoms. The Morgan fingerprint density at radius 1 is 1.00 bits per heavy atom. The number of ether oxygens (including phenoxy) is 2. The third kappa shape index (κ3) is 3.61. The minimum atomic E-state index is -1.46. The molecule has 2 atom stereocenters. The van der Waals surface area contributed by atoms with Gasteiger partial charge >= 0.3 is 5.97 Å². The lowest BCUT2D eigenvalue weighted by atomic mass is 9.80. The Kier molecular flexibility index (Phi) is 5.77. The summed E-state index contributed by atoms with van der Waals surface area (Å²) in [6.45, 7) is 1.92. The maximum absolute atomic E-state index is 13.4. The number of carbonyl (C=O) groups is 2. The van der Waals surface area contributed by atoms with Crippen LogP contribution in [-0.2, 0) is 19.1 Å². The number of piperidine rings is 1. The van der Waals surface area contributed by atoms with Crippen LogP contribution < -0.4 is 5.32 Å². The zero-order valence-corrected chi connectivity index (χ0v) is 17.9. The van der Waals surface area contributed by atoms with E-state index in [0.717, 1.165) is 37.1 Å². The van der Waals surface area contributed by atoms with E-state index in [-0.39, 0.29) is 18.6 Å². The fourth-order valence-electron chi connectivity index (χ4n) is 4.99. The smallest absolute Gasteiger partial charge is 0.326 e. The quantitative estimate of drug-likeness (QED) is 0.430. The monoisotopic (exact) mass is 429 g/mol. The summed E-state index contributed by atoms with van der Waals surface area (Å²) in [6, 6.07) is 16.4. The van der Waals surface area contributed by atoms with Crippen LogP contribution in [0, 0.1) is 5.41 Å². The third-order valence-electron chi connectivity index (χ3n) is 6.76.